The van der Waals surface area contributed by atoms with Gasteiger partial charge >= 0.3 is 11.9 Å². The molecule has 32 heavy (non-hydrogen) atoms. The van der Waals surface area contributed by atoms with Gasteiger partial charge in [0.05, 0.1) is 13.2 Å². The Hall–Kier alpha value is -1.06. The van der Waals surface area contributed by atoms with Gasteiger partial charge in [0.25, 0.3) is 0 Å². The molecule has 0 spiro atoms. The Morgan fingerprint density at radius 1 is 0.531 bits per heavy atom. The summed E-state index contributed by atoms with van der Waals surface area (Å²) in [6.07, 6.45) is 22.3. The van der Waals surface area contributed by atoms with E-state index in [2.05, 4.69) is 20.8 Å². The average Bonchev–Trinajstić information content (AvgIpc) is 2.76. The summed E-state index contributed by atoms with van der Waals surface area (Å²) in [5.74, 6) is 0.570. The molecule has 0 fully saturated rings. The smallest absolute Gasteiger partial charge is 0.305 e. The van der Waals surface area contributed by atoms with Gasteiger partial charge in [0.2, 0.25) is 0 Å². The lowest BCUT2D eigenvalue weighted by atomic mass is 10.1. The van der Waals surface area contributed by atoms with Gasteiger partial charge in [-0.25, -0.2) is 0 Å². The molecule has 0 saturated carbocycles. The van der Waals surface area contributed by atoms with Gasteiger partial charge < -0.3 is 9.47 Å². The number of unbranched alkanes of at least 4 members (excludes halogenated alkanes) is 14. The first-order valence-corrected chi connectivity index (χ1v) is 13.9. The van der Waals surface area contributed by atoms with Gasteiger partial charge in [-0.2, -0.15) is 0 Å². The third kappa shape index (κ3) is 25.2. The van der Waals surface area contributed by atoms with Gasteiger partial charge in [0.1, 0.15) is 0 Å². The Kier molecular flexibility index (Phi) is 23.8. The van der Waals surface area contributed by atoms with Crippen LogP contribution < -0.4 is 0 Å². The Morgan fingerprint density at radius 2 is 0.906 bits per heavy atom. The molecule has 4 nitrogen and oxygen atoms in total. The average molecular weight is 455 g/mol. The van der Waals surface area contributed by atoms with Crippen LogP contribution in [0.25, 0.3) is 0 Å². The van der Waals surface area contributed by atoms with Gasteiger partial charge in [-0.15, -0.1) is 0 Å². The Morgan fingerprint density at radius 3 is 1.34 bits per heavy atom. The van der Waals surface area contributed by atoms with Crippen molar-refractivity contribution in [1.82, 2.24) is 0 Å². The Bertz CT molecular complexity index is 420. The molecule has 190 valence electrons. The van der Waals surface area contributed by atoms with E-state index in [0.717, 1.165) is 57.8 Å². The topological polar surface area (TPSA) is 52.6 Å². The van der Waals surface area contributed by atoms with Crippen LogP contribution in [0.5, 0.6) is 0 Å². The summed E-state index contributed by atoms with van der Waals surface area (Å²) in [5.41, 5.74) is 0. The van der Waals surface area contributed by atoms with Crippen LogP contribution in [-0.2, 0) is 19.1 Å². The highest BCUT2D eigenvalue weighted by Gasteiger charge is 2.04. The third-order valence-electron chi connectivity index (χ3n) is 5.96. The van der Waals surface area contributed by atoms with Gasteiger partial charge in [0, 0.05) is 12.8 Å². The molecule has 0 saturated heterocycles. The maximum absolute atomic E-state index is 11.8. The van der Waals surface area contributed by atoms with Crippen LogP contribution in [0.1, 0.15) is 149 Å². The highest BCUT2D eigenvalue weighted by atomic mass is 16.5. The predicted molar refractivity (Wildman–Crippen MR) is 135 cm³/mol. The largest absolute Gasteiger partial charge is 0.466 e. The van der Waals surface area contributed by atoms with Crippen molar-refractivity contribution in [2.24, 2.45) is 5.92 Å². The summed E-state index contributed by atoms with van der Waals surface area (Å²) in [5, 5.41) is 0. The number of hydrogen-bond acceptors (Lipinski definition) is 4. The van der Waals surface area contributed by atoms with Gasteiger partial charge in [-0.3, -0.25) is 9.59 Å². The quantitative estimate of drug-likeness (QED) is 0.108. The molecule has 0 bridgehead atoms. The van der Waals surface area contributed by atoms with Crippen LogP contribution in [0.2, 0.25) is 0 Å². The van der Waals surface area contributed by atoms with Crippen LogP contribution in [0.3, 0.4) is 0 Å². The fourth-order valence-electron chi connectivity index (χ4n) is 3.84. The van der Waals surface area contributed by atoms with Crippen molar-refractivity contribution in [2.75, 3.05) is 13.2 Å². The highest BCUT2D eigenvalue weighted by Crippen LogP contribution is 2.12. The molecule has 0 aromatic carbocycles. The monoisotopic (exact) mass is 454 g/mol. The fourth-order valence-corrected chi connectivity index (χ4v) is 3.84. The van der Waals surface area contributed by atoms with Crippen LogP contribution in [-0.4, -0.2) is 25.2 Å². The van der Waals surface area contributed by atoms with E-state index in [4.69, 9.17) is 9.47 Å². The number of carbonyl (C=O) groups excluding carboxylic acids is 2. The van der Waals surface area contributed by atoms with E-state index in [1.807, 2.05) is 0 Å². The predicted octanol–water partition coefficient (Wildman–Crippen LogP) is 8.55. The van der Waals surface area contributed by atoms with Gasteiger partial charge in [0.15, 0.2) is 0 Å². The van der Waals surface area contributed by atoms with Crippen molar-refractivity contribution in [3.63, 3.8) is 0 Å². The molecular weight excluding hydrogens is 400 g/mol. The molecule has 0 atom stereocenters. The number of esters is 2. The normalized spacial score (nSPS) is 11.1. The van der Waals surface area contributed by atoms with Crippen molar-refractivity contribution in [3.05, 3.63) is 0 Å². The molecule has 0 aromatic rings. The second-order valence-corrected chi connectivity index (χ2v) is 9.78. The lowest BCUT2D eigenvalue weighted by Gasteiger charge is -2.07. The summed E-state index contributed by atoms with van der Waals surface area (Å²) in [7, 11) is 0. The van der Waals surface area contributed by atoms with E-state index >= 15 is 0 Å². The Balaban J connectivity index is 3.26. The third-order valence-corrected chi connectivity index (χ3v) is 5.96. The molecule has 0 N–H and O–H groups in total. The minimum atomic E-state index is -0.0566. The van der Waals surface area contributed by atoms with E-state index < -0.39 is 0 Å². The maximum atomic E-state index is 11.8. The molecule has 0 aliphatic rings. The second kappa shape index (κ2) is 24.6. The molecule has 4 heteroatoms. The minimum Gasteiger partial charge on any atom is -0.466 e. The van der Waals surface area contributed by atoms with Crippen LogP contribution in [0, 0.1) is 5.92 Å². The summed E-state index contributed by atoms with van der Waals surface area (Å²) < 4.78 is 10.6. The van der Waals surface area contributed by atoms with Crippen molar-refractivity contribution in [1.29, 1.82) is 0 Å². The van der Waals surface area contributed by atoms with E-state index in [9.17, 15) is 9.59 Å². The SMILES string of the molecule is CCCCCCCCCCCCOC(=O)CCCCCCCCC(=O)OCCCC(C)C. The molecule has 0 amide bonds. The maximum Gasteiger partial charge on any atom is 0.305 e. The number of rotatable bonds is 24. The van der Waals surface area contributed by atoms with E-state index in [0.29, 0.717) is 32.0 Å². The molecule has 0 unspecified atom stereocenters. The molecule has 0 aliphatic carbocycles. The number of carbonyl (C=O) groups is 2. The molecule has 0 rings (SSSR count). The zero-order valence-corrected chi connectivity index (χ0v) is 21.8. The van der Waals surface area contributed by atoms with Crippen LogP contribution >= 0.6 is 0 Å². The lowest BCUT2D eigenvalue weighted by molar-refractivity contribution is -0.144. The molecule has 0 aromatic heterocycles. The lowest BCUT2D eigenvalue weighted by Crippen LogP contribution is -2.06. The summed E-state index contributed by atoms with van der Waals surface area (Å²) in [4.78, 5) is 23.4. The fraction of sp³-hybridized carbons (Fsp3) is 0.929. The standard InChI is InChI=1S/C28H54O4/c1-4-5-6-7-8-9-10-13-16-19-24-31-27(29)22-17-14-11-12-15-18-23-28(30)32-25-20-21-26(2)3/h26H,4-25H2,1-3H3. The van der Waals surface area contributed by atoms with E-state index in [-0.39, 0.29) is 11.9 Å². The van der Waals surface area contributed by atoms with Crippen LogP contribution in [0.15, 0.2) is 0 Å². The van der Waals surface area contributed by atoms with E-state index in [1.54, 1.807) is 0 Å². The van der Waals surface area contributed by atoms with E-state index in [1.165, 1.54) is 57.8 Å². The minimum absolute atomic E-state index is 0.0406. The van der Waals surface area contributed by atoms with Crippen LogP contribution in [0.4, 0.5) is 0 Å². The molecule has 0 aliphatic heterocycles. The summed E-state index contributed by atoms with van der Waals surface area (Å²) >= 11 is 0. The summed E-state index contributed by atoms with van der Waals surface area (Å²) in [6.45, 7) is 7.78. The second-order valence-electron chi connectivity index (χ2n) is 9.78. The van der Waals surface area contributed by atoms with Crippen molar-refractivity contribution < 1.29 is 19.1 Å². The van der Waals surface area contributed by atoms with Gasteiger partial charge in [-0.1, -0.05) is 104 Å². The zero-order valence-electron chi connectivity index (χ0n) is 21.8. The molecular formula is C28H54O4. The first-order chi connectivity index (χ1) is 15.6. The number of ether oxygens (including phenoxy) is 2. The van der Waals surface area contributed by atoms with Crippen molar-refractivity contribution >= 4 is 11.9 Å². The molecule has 0 heterocycles. The van der Waals surface area contributed by atoms with Crippen molar-refractivity contribution in [3.8, 4) is 0 Å². The van der Waals surface area contributed by atoms with Gasteiger partial charge in [-0.05, 0) is 38.0 Å². The first kappa shape index (κ1) is 30.9. The highest BCUT2D eigenvalue weighted by molar-refractivity contribution is 5.69. The summed E-state index contributed by atoms with van der Waals surface area (Å²) in [6, 6.07) is 0. The van der Waals surface area contributed by atoms with Crippen molar-refractivity contribution in [2.45, 2.75) is 149 Å². The zero-order chi connectivity index (χ0) is 23.7. The number of hydrogen-bond donors (Lipinski definition) is 0. The first-order valence-electron chi connectivity index (χ1n) is 13.9. The Labute approximate surface area is 199 Å². The molecule has 0 radical (unpaired) electrons.